The van der Waals surface area contributed by atoms with Crippen LogP contribution in [0.1, 0.15) is 21.7 Å². The van der Waals surface area contributed by atoms with Gasteiger partial charge in [0.05, 0.1) is 22.7 Å². The Morgan fingerprint density at radius 1 is 1.36 bits per heavy atom. The van der Waals surface area contributed by atoms with Gasteiger partial charge in [-0.25, -0.2) is 9.07 Å². The highest BCUT2D eigenvalue weighted by Crippen LogP contribution is 2.21. The van der Waals surface area contributed by atoms with E-state index in [1.165, 1.54) is 34.9 Å². The van der Waals surface area contributed by atoms with E-state index in [1.54, 1.807) is 6.07 Å². The fourth-order valence-electron chi connectivity index (χ4n) is 2.61. The van der Waals surface area contributed by atoms with Gasteiger partial charge in [0, 0.05) is 12.1 Å². The highest BCUT2D eigenvalue weighted by atomic mass is 32.1. The van der Waals surface area contributed by atoms with Crippen molar-refractivity contribution < 1.29 is 14.1 Å². The second-order valence-corrected chi connectivity index (χ2v) is 6.03. The predicted octanol–water partition coefficient (Wildman–Crippen LogP) is 2.47. The first-order chi connectivity index (χ1) is 13.3. The molecular weight excluding hydrogens is 387 g/mol. The van der Waals surface area contributed by atoms with Gasteiger partial charge in [-0.1, -0.05) is 12.1 Å². The number of hydrogen-bond donors (Lipinski definition) is 1. The molecule has 11 heteroatoms. The molecule has 9 nitrogen and oxygen atoms in total. The zero-order valence-electron chi connectivity index (χ0n) is 14.1. The maximum Gasteiger partial charge on any atom is 0.286 e. The Labute approximate surface area is 162 Å². The van der Waals surface area contributed by atoms with E-state index in [0.717, 1.165) is 10.7 Å². The average Bonchev–Trinajstić information content (AvgIpc) is 2.98. The third-order valence-corrected chi connectivity index (χ3v) is 4.25. The quantitative estimate of drug-likeness (QED) is 0.399. The predicted molar refractivity (Wildman–Crippen MR) is 97.8 cm³/mol. The zero-order chi connectivity index (χ0) is 20.4. The molecule has 0 bridgehead atoms. The van der Waals surface area contributed by atoms with Crippen molar-refractivity contribution in [2.45, 2.75) is 6.54 Å². The van der Waals surface area contributed by atoms with Crippen molar-refractivity contribution >= 4 is 23.8 Å². The number of nitrogens with zero attached hydrogens (tertiary/aromatic N) is 5. The summed E-state index contributed by atoms with van der Waals surface area (Å²) in [6.45, 7) is 0.0176. The molecule has 0 saturated heterocycles. The highest BCUT2D eigenvalue weighted by molar-refractivity contribution is 7.71. The van der Waals surface area contributed by atoms with Gasteiger partial charge in [-0.3, -0.25) is 19.5 Å². The number of carbonyl (C=O) groups excluding carboxylic acids is 1. The standard InChI is InChI=1S/C17H11FN6O3S/c18-12-3-1-2-10(6-12)9-22-16(15(20)25)21-23(17(22)28)14-5-4-13(24(26)27)7-11(14)8-19/h1-7H,9H2,(H2,20,25). The minimum Gasteiger partial charge on any atom is -0.363 e. The summed E-state index contributed by atoms with van der Waals surface area (Å²) in [5, 5.41) is 24.3. The maximum absolute atomic E-state index is 13.5. The number of nitro groups is 1. The van der Waals surface area contributed by atoms with Gasteiger partial charge in [-0.05, 0) is 36.0 Å². The molecule has 1 amide bonds. The van der Waals surface area contributed by atoms with Crippen molar-refractivity contribution in [2.24, 2.45) is 5.73 Å². The lowest BCUT2D eigenvalue weighted by Crippen LogP contribution is -2.18. The maximum atomic E-state index is 13.5. The van der Waals surface area contributed by atoms with Gasteiger partial charge in [-0.15, -0.1) is 5.10 Å². The largest absolute Gasteiger partial charge is 0.363 e. The number of nitro benzene ring substituents is 1. The summed E-state index contributed by atoms with van der Waals surface area (Å²) in [6.07, 6.45) is 0. The Hall–Kier alpha value is -3.91. The topological polar surface area (TPSA) is 133 Å². The number of halogens is 1. The van der Waals surface area contributed by atoms with Gasteiger partial charge in [0.15, 0.2) is 0 Å². The molecule has 1 heterocycles. The van der Waals surface area contributed by atoms with Crippen LogP contribution in [0.3, 0.4) is 0 Å². The second-order valence-electron chi connectivity index (χ2n) is 5.67. The normalized spacial score (nSPS) is 10.4. The van der Waals surface area contributed by atoms with Gasteiger partial charge in [0.2, 0.25) is 10.6 Å². The molecule has 140 valence electrons. The summed E-state index contributed by atoms with van der Waals surface area (Å²) < 4.78 is 15.9. The number of benzene rings is 2. The Kier molecular flexibility index (Phi) is 4.97. The third kappa shape index (κ3) is 3.49. The summed E-state index contributed by atoms with van der Waals surface area (Å²) in [6, 6.07) is 11.1. The molecule has 1 aromatic heterocycles. The first-order valence-corrected chi connectivity index (χ1v) is 8.15. The molecule has 0 saturated carbocycles. The molecule has 2 aromatic carbocycles. The molecule has 0 unspecified atom stereocenters. The molecular formula is C17H11FN6O3S. The number of carbonyl (C=O) groups is 1. The average molecular weight is 398 g/mol. The van der Waals surface area contributed by atoms with E-state index in [4.69, 9.17) is 18.0 Å². The Balaban J connectivity index is 2.17. The molecule has 0 atom stereocenters. The molecule has 3 rings (SSSR count). The SMILES string of the molecule is N#Cc1cc([N+](=O)[O-])ccc1-n1nc(C(N)=O)n(Cc2cccc(F)c2)c1=S. The van der Waals surface area contributed by atoms with E-state index in [-0.39, 0.29) is 34.1 Å². The summed E-state index contributed by atoms with van der Waals surface area (Å²) in [5.74, 6) is -1.53. The lowest BCUT2D eigenvalue weighted by molar-refractivity contribution is -0.384. The number of rotatable bonds is 5. The van der Waals surface area contributed by atoms with Crippen LogP contribution in [-0.2, 0) is 6.54 Å². The minimum absolute atomic E-state index is 0.0171. The number of nitrogens with two attached hydrogens (primary N) is 1. The summed E-state index contributed by atoms with van der Waals surface area (Å²) in [5.41, 5.74) is 5.71. The number of primary amides is 1. The van der Waals surface area contributed by atoms with E-state index in [9.17, 15) is 24.6 Å². The minimum atomic E-state index is -0.873. The van der Waals surface area contributed by atoms with E-state index < -0.39 is 16.6 Å². The number of non-ortho nitro benzene ring substituents is 1. The van der Waals surface area contributed by atoms with Gasteiger partial charge >= 0.3 is 0 Å². The van der Waals surface area contributed by atoms with Crippen molar-refractivity contribution in [1.29, 1.82) is 5.26 Å². The zero-order valence-corrected chi connectivity index (χ0v) is 14.9. The van der Waals surface area contributed by atoms with E-state index in [1.807, 2.05) is 6.07 Å². The van der Waals surface area contributed by atoms with Crippen LogP contribution < -0.4 is 5.73 Å². The number of hydrogen-bond acceptors (Lipinski definition) is 6. The van der Waals surface area contributed by atoms with Crippen LogP contribution >= 0.6 is 12.2 Å². The molecule has 0 aliphatic rings. The van der Waals surface area contributed by atoms with Crippen molar-refractivity contribution in [3.63, 3.8) is 0 Å². The van der Waals surface area contributed by atoms with Gasteiger partial charge < -0.3 is 5.73 Å². The number of aromatic nitrogens is 3. The van der Waals surface area contributed by atoms with E-state index >= 15 is 0 Å². The van der Waals surface area contributed by atoms with Crippen LogP contribution in [-0.4, -0.2) is 25.2 Å². The smallest absolute Gasteiger partial charge is 0.286 e. The van der Waals surface area contributed by atoms with Gasteiger partial charge in [0.25, 0.3) is 11.6 Å². The van der Waals surface area contributed by atoms with Crippen LogP contribution in [0.4, 0.5) is 10.1 Å². The Morgan fingerprint density at radius 3 is 2.71 bits per heavy atom. The molecule has 28 heavy (non-hydrogen) atoms. The first kappa shape index (κ1) is 18.9. The van der Waals surface area contributed by atoms with Crippen molar-refractivity contribution in [1.82, 2.24) is 14.3 Å². The molecule has 0 radical (unpaired) electrons. The highest BCUT2D eigenvalue weighted by Gasteiger charge is 2.20. The lowest BCUT2D eigenvalue weighted by atomic mass is 10.2. The molecule has 0 fully saturated rings. The van der Waals surface area contributed by atoms with Crippen LogP contribution in [0.15, 0.2) is 42.5 Å². The summed E-state index contributed by atoms with van der Waals surface area (Å²) in [7, 11) is 0. The number of amides is 1. The first-order valence-electron chi connectivity index (χ1n) is 7.75. The second kappa shape index (κ2) is 7.37. The van der Waals surface area contributed by atoms with Crippen LogP contribution in [0.5, 0.6) is 0 Å². The fourth-order valence-corrected chi connectivity index (χ4v) is 2.90. The molecule has 3 aromatic rings. The summed E-state index contributed by atoms with van der Waals surface area (Å²) in [4.78, 5) is 22.1. The van der Waals surface area contributed by atoms with E-state index in [0.29, 0.717) is 5.56 Å². The van der Waals surface area contributed by atoms with Crippen molar-refractivity contribution in [2.75, 3.05) is 0 Å². The van der Waals surface area contributed by atoms with Gasteiger partial charge in [-0.2, -0.15) is 5.26 Å². The fraction of sp³-hybridized carbons (Fsp3) is 0.0588. The van der Waals surface area contributed by atoms with Crippen LogP contribution in [0.25, 0.3) is 5.69 Å². The van der Waals surface area contributed by atoms with Crippen molar-refractivity contribution in [3.05, 3.63) is 80.1 Å². The molecule has 0 aliphatic carbocycles. The lowest BCUT2D eigenvalue weighted by Gasteiger charge is -2.06. The third-order valence-electron chi connectivity index (χ3n) is 3.85. The van der Waals surface area contributed by atoms with Crippen molar-refractivity contribution in [3.8, 4) is 11.8 Å². The Morgan fingerprint density at radius 2 is 2.11 bits per heavy atom. The Bertz CT molecular complexity index is 1210. The monoisotopic (exact) mass is 398 g/mol. The van der Waals surface area contributed by atoms with E-state index in [2.05, 4.69) is 5.10 Å². The number of nitriles is 1. The van der Waals surface area contributed by atoms with Crippen LogP contribution in [0.2, 0.25) is 0 Å². The van der Waals surface area contributed by atoms with Gasteiger partial charge in [0.1, 0.15) is 11.9 Å². The molecule has 0 aliphatic heterocycles. The summed E-state index contributed by atoms with van der Waals surface area (Å²) >= 11 is 5.36. The van der Waals surface area contributed by atoms with Crippen LogP contribution in [0, 0.1) is 32.0 Å². The molecule has 2 N–H and O–H groups in total. The molecule has 0 spiro atoms.